The molecule has 0 radical (unpaired) electrons. The molecular weight excluding hydrogens is 430 g/mol. The van der Waals surface area contributed by atoms with Crippen LogP contribution in [0.25, 0.3) is 34.3 Å². The summed E-state index contributed by atoms with van der Waals surface area (Å²) in [6.07, 6.45) is 3.50. The van der Waals surface area contributed by atoms with Gasteiger partial charge in [-0.15, -0.1) is 10.2 Å². The van der Waals surface area contributed by atoms with Gasteiger partial charge in [-0.3, -0.25) is 9.78 Å². The predicted molar refractivity (Wildman–Crippen MR) is 131 cm³/mol. The third-order valence-corrected chi connectivity index (χ3v) is 5.55. The lowest BCUT2D eigenvalue weighted by molar-refractivity contribution is 0.381. The van der Waals surface area contributed by atoms with E-state index in [1.165, 1.54) is 5.56 Å². The van der Waals surface area contributed by atoms with Crippen molar-refractivity contribution in [2.75, 3.05) is 27.7 Å². The van der Waals surface area contributed by atoms with Crippen LogP contribution < -0.4 is 10.9 Å². The van der Waals surface area contributed by atoms with Crippen LogP contribution in [0.3, 0.4) is 0 Å². The number of pyridine rings is 1. The van der Waals surface area contributed by atoms with E-state index in [4.69, 9.17) is 9.40 Å². The van der Waals surface area contributed by atoms with Gasteiger partial charge in [-0.05, 0) is 58.3 Å². The van der Waals surface area contributed by atoms with Gasteiger partial charge in [0, 0.05) is 43.0 Å². The Balaban J connectivity index is 1.66. The van der Waals surface area contributed by atoms with E-state index in [2.05, 4.69) is 26.6 Å². The van der Waals surface area contributed by atoms with Gasteiger partial charge >= 0.3 is 0 Å². The van der Waals surface area contributed by atoms with Crippen LogP contribution in [-0.2, 0) is 13.1 Å². The number of benzene rings is 1. The average Bonchev–Trinajstić information content (AvgIpc) is 3.29. The van der Waals surface area contributed by atoms with Gasteiger partial charge in [0.1, 0.15) is 5.69 Å². The molecule has 4 rings (SSSR count). The molecule has 9 heteroatoms. The van der Waals surface area contributed by atoms with E-state index in [-0.39, 0.29) is 5.56 Å². The number of rotatable bonds is 8. The Morgan fingerprint density at radius 2 is 1.88 bits per heavy atom. The van der Waals surface area contributed by atoms with E-state index in [1.54, 1.807) is 22.9 Å². The number of nitrogens with one attached hydrogen (secondary N) is 1. The Morgan fingerprint density at radius 1 is 1.09 bits per heavy atom. The molecule has 1 N–H and O–H groups in total. The molecule has 0 atom stereocenters. The lowest BCUT2D eigenvalue weighted by Gasteiger charge is -2.12. The first-order chi connectivity index (χ1) is 16.4. The smallest absolute Gasteiger partial charge is 0.268 e. The van der Waals surface area contributed by atoms with Crippen molar-refractivity contribution in [1.29, 1.82) is 0 Å². The quantitative estimate of drug-likeness (QED) is 0.429. The Labute approximate surface area is 198 Å². The third-order valence-electron chi connectivity index (χ3n) is 5.55. The van der Waals surface area contributed by atoms with Crippen molar-refractivity contribution < 1.29 is 4.42 Å². The molecule has 0 amide bonds. The molecule has 0 fully saturated rings. The molecule has 0 aliphatic rings. The van der Waals surface area contributed by atoms with Gasteiger partial charge in [0.15, 0.2) is 0 Å². The molecule has 0 aliphatic carbocycles. The van der Waals surface area contributed by atoms with Crippen LogP contribution in [0.15, 0.2) is 51.9 Å². The maximum atomic E-state index is 12.3. The standard InChI is InChI=1S/C25H29N7O2/c1-16-12-18(13-26-3)6-8-20(16)24-29-30-25(34-24)23-17(2)27-14-21(28-23)19-7-9-22(33)32(15-19)11-10-31(4)5/h6-9,12,14-15,26H,10-11,13H2,1-5H3. The Bertz CT molecular complexity index is 1360. The van der Waals surface area contributed by atoms with Crippen molar-refractivity contribution in [2.24, 2.45) is 0 Å². The van der Waals surface area contributed by atoms with Crippen molar-refractivity contribution in [3.8, 4) is 34.3 Å². The second-order valence-corrected chi connectivity index (χ2v) is 8.53. The largest absolute Gasteiger partial charge is 0.415 e. The van der Waals surface area contributed by atoms with Crippen molar-refractivity contribution in [3.63, 3.8) is 0 Å². The van der Waals surface area contributed by atoms with E-state index in [0.29, 0.717) is 35.4 Å². The van der Waals surface area contributed by atoms with E-state index >= 15 is 0 Å². The first-order valence-electron chi connectivity index (χ1n) is 11.1. The topological polar surface area (TPSA) is 102 Å². The Kier molecular flexibility index (Phi) is 6.95. The van der Waals surface area contributed by atoms with E-state index in [9.17, 15) is 4.79 Å². The fraction of sp³-hybridized carbons (Fsp3) is 0.320. The number of aromatic nitrogens is 5. The zero-order valence-electron chi connectivity index (χ0n) is 20.2. The summed E-state index contributed by atoms with van der Waals surface area (Å²) < 4.78 is 7.70. The molecule has 0 aliphatic heterocycles. The molecular formula is C25H29N7O2. The zero-order chi connectivity index (χ0) is 24.2. The summed E-state index contributed by atoms with van der Waals surface area (Å²) in [4.78, 5) is 23.5. The molecule has 4 aromatic rings. The highest BCUT2D eigenvalue weighted by Crippen LogP contribution is 2.28. The van der Waals surface area contributed by atoms with Crippen LogP contribution in [-0.4, -0.2) is 57.3 Å². The monoisotopic (exact) mass is 459 g/mol. The summed E-state index contributed by atoms with van der Waals surface area (Å²) >= 11 is 0. The Hall–Kier alpha value is -3.69. The summed E-state index contributed by atoms with van der Waals surface area (Å²) in [7, 11) is 5.87. The molecule has 0 saturated heterocycles. The first kappa shape index (κ1) is 23.5. The van der Waals surface area contributed by atoms with Crippen molar-refractivity contribution in [3.05, 3.63) is 69.9 Å². The molecule has 3 heterocycles. The van der Waals surface area contributed by atoms with Gasteiger partial charge in [0.25, 0.3) is 11.4 Å². The SMILES string of the molecule is CNCc1ccc(-c2nnc(-c3nc(-c4ccc(=O)n(CCN(C)C)c4)cnc3C)o2)c(C)c1. The van der Waals surface area contributed by atoms with Crippen LogP contribution in [0.2, 0.25) is 0 Å². The molecule has 9 nitrogen and oxygen atoms in total. The van der Waals surface area contributed by atoms with Crippen LogP contribution in [0.5, 0.6) is 0 Å². The number of nitrogens with zero attached hydrogens (tertiary/aromatic N) is 6. The lowest BCUT2D eigenvalue weighted by atomic mass is 10.1. The van der Waals surface area contributed by atoms with E-state index in [0.717, 1.165) is 29.8 Å². The summed E-state index contributed by atoms with van der Waals surface area (Å²) in [6, 6.07) is 9.45. The maximum absolute atomic E-state index is 12.3. The summed E-state index contributed by atoms with van der Waals surface area (Å²) in [6.45, 7) is 6.01. The molecule has 0 unspecified atom stereocenters. The van der Waals surface area contributed by atoms with Crippen molar-refractivity contribution in [2.45, 2.75) is 26.9 Å². The highest BCUT2D eigenvalue weighted by molar-refractivity contribution is 5.64. The van der Waals surface area contributed by atoms with Crippen molar-refractivity contribution >= 4 is 0 Å². The lowest BCUT2D eigenvalue weighted by Crippen LogP contribution is -2.25. The Morgan fingerprint density at radius 3 is 2.62 bits per heavy atom. The second kappa shape index (κ2) is 10.1. The second-order valence-electron chi connectivity index (χ2n) is 8.53. The number of hydrogen-bond acceptors (Lipinski definition) is 8. The first-order valence-corrected chi connectivity index (χ1v) is 11.1. The summed E-state index contributed by atoms with van der Waals surface area (Å²) in [5.74, 6) is 0.744. The number of hydrogen-bond donors (Lipinski definition) is 1. The highest BCUT2D eigenvalue weighted by Gasteiger charge is 2.17. The predicted octanol–water partition coefficient (Wildman–Crippen LogP) is 2.92. The van der Waals surface area contributed by atoms with Crippen LogP contribution in [0.1, 0.15) is 16.8 Å². The summed E-state index contributed by atoms with van der Waals surface area (Å²) in [5, 5.41) is 11.7. The van der Waals surface area contributed by atoms with Crippen LogP contribution >= 0.6 is 0 Å². The van der Waals surface area contributed by atoms with Gasteiger partial charge in [0.2, 0.25) is 5.89 Å². The molecule has 176 valence electrons. The van der Waals surface area contributed by atoms with Crippen molar-refractivity contribution in [1.82, 2.24) is 34.9 Å². The fourth-order valence-corrected chi connectivity index (χ4v) is 3.66. The molecule has 0 saturated carbocycles. The molecule has 1 aromatic carbocycles. The number of aryl methyl sites for hydroxylation is 2. The fourth-order valence-electron chi connectivity index (χ4n) is 3.66. The molecule has 34 heavy (non-hydrogen) atoms. The maximum Gasteiger partial charge on any atom is 0.268 e. The highest BCUT2D eigenvalue weighted by atomic mass is 16.4. The van der Waals surface area contributed by atoms with Gasteiger partial charge < -0.3 is 19.2 Å². The van der Waals surface area contributed by atoms with Crippen LogP contribution in [0, 0.1) is 13.8 Å². The van der Waals surface area contributed by atoms with E-state index in [1.807, 2.05) is 58.2 Å². The molecule has 0 bridgehead atoms. The van der Waals surface area contributed by atoms with E-state index < -0.39 is 0 Å². The van der Waals surface area contributed by atoms with Gasteiger partial charge in [-0.1, -0.05) is 12.1 Å². The minimum absolute atomic E-state index is 0.0523. The molecule has 0 spiro atoms. The normalized spacial score (nSPS) is 11.4. The average molecular weight is 460 g/mol. The minimum Gasteiger partial charge on any atom is -0.415 e. The summed E-state index contributed by atoms with van der Waals surface area (Å²) in [5.41, 5.74) is 5.70. The van der Waals surface area contributed by atoms with Gasteiger partial charge in [-0.2, -0.15) is 0 Å². The zero-order valence-corrected chi connectivity index (χ0v) is 20.2. The van der Waals surface area contributed by atoms with Crippen LogP contribution in [0.4, 0.5) is 0 Å². The van der Waals surface area contributed by atoms with Gasteiger partial charge in [0.05, 0.1) is 17.6 Å². The number of likely N-dealkylation sites (N-methyl/N-ethyl adjacent to an activating group) is 1. The van der Waals surface area contributed by atoms with Gasteiger partial charge in [-0.25, -0.2) is 4.98 Å². The third kappa shape index (κ3) is 5.11. The minimum atomic E-state index is -0.0523. The molecule has 3 aromatic heterocycles.